The Bertz CT molecular complexity index is 804. The molecule has 1 fully saturated rings. The molecule has 0 aromatic heterocycles. The minimum atomic E-state index is -3.88. The van der Waals surface area contributed by atoms with Gasteiger partial charge in [0.05, 0.1) is 11.1 Å². The van der Waals surface area contributed by atoms with Crippen LogP contribution in [0, 0.1) is 0 Å². The third-order valence-corrected chi connectivity index (χ3v) is 6.79. The van der Waals surface area contributed by atoms with Crippen molar-refractivity contribution in [3.63, 3.8) is 0 Å². The van der Waals surface area contributed by atoms with Crippen LogP contribution in [0.15, 0.2) is 23.1 Å². The lowest BCUT2D eigenvalue weighted by molar-refractivity contribution is -0.141. The summed E-state index contributed by atoms with van der Waals surface area (Å²) in [5.74, 6) is -2.21. The maximum Gasteiger partial charge on any atom is 0.328 e. The molecule has 27 heavy (non-hydrogen) atoms. The van der Waals surface area contributed by atoms with Crippen LogP contribution in [0.4, 0.5) is 0 Å². The summed E-state index contributed by atoms with van der Waals surface area (Å²) in [7, 11) is -3.88. The molecule has 10 heteroatoms. The Balaban J connectivity index is 2.32. The second-order valence-corrected chi connectivity index (χ2v) is 8.81. The molecule has 1 aromatic rings. The number of nitrogens with one attached hydrogen (secondary N) is 1. The van der Waals surface area contributed by atoms with Gasteiger partial charge in [0.15, 0.2) is 6.04 Å². The molecule has 0 spiro atoms. The van der Waals surface area contributed by atoms with Crippen molar-refractivity contribution in [2.75, 3.05) is 13.1 Å². The van der Waals surface area contributed by atoms with Crippen LogP contribution in [0.2, 0.25) is 5.02 Å². The minimum Gasteiger partial charge on any atom is -0.480 e. The Kier molecular flexibility index (Phi) is 7.21. The molecule has 2 rings (SSSR count). The molecule has 0 bridgehead atoms. The number of carboxylic acid groups (broad SMARTS) is 1. The van der Waals surface area contributed by atoms with Crippen molar-refractivity contribution in [2.24, 2.45) is 0 Å². The third kappa shape index (κ3) is 5.19. The minimum absolute atomic E-state index is 0.0129. The van der Waals surface area contributed by atoms with Crippen LogP contribution in [0.5, 0.6) is 0 Å². The van der Waals surface area contributed by atoms with Crippen LogP contribution in [0.1, 0.15) is 43.0 Å². The summed E-state index contributed by atoms with van der Waals surface area (Å²) in [4.78, 5) is 23.3. The van der Waals surface area contributed by atoms with Gasteiger partial charge in [-0.2, -0.15) is 4.31 Å². The summed E-state index contributed by atoms with van der Waals surface area (Å²) in [5, 5.41) is 20.7. The van der Waals surface area contributed by atoms with Gasteiger partial charge in [0, 0.05) is 18.7 Å². The number of hydrogen-bond acceptors (Lipinski definition) is 5. The molecule has 0 radical (unpaired) electrons. The van der Waals surface area contributed by atoms with Crippen LogP contribution >= 0.6 is 11.6 Å². The van der Waals surface area contributed by atoms with Gasteiger partial charge >= 0.3 is 5.97 Å². The van der Waals surface area contributed by atoms with Crippen LogP contribution in [0.25, 0.3) is 0 Å². The zero-order chi connectivity index (χ0) is 20.2. The lowest BCUT2D eigenvalue weighted by Crippen LogP contribution is -2.47. The molecule has 1 heterocycles. The zero-order valence-corrected chi connectivity index (χ0v) is 16.5. The molecule has 0 unspecified atom stereocenters. The number of halogens is 1. The number of carboxylic acids is 1. The van der Waals surface area contributed by atoms with Crippen molar-refractivity contribution >= 4 is 33.5 Å². The van der Waals surface area contributed by atoms with Crippen molar-refractivity contribution in [1.82, 2.24) is 9.62 Å². The van der Waals surface area contributed by atoms with Crippen LogP contribution in [0.3, 0.4) is 0 Å². The molecule has 150 valence electrons. The number of hydrogen-bond donors (Lipinski definition) is 3. The highest BCUT2D eigenvalue weighted by atomic mass is 35.5. The van der Waals surface area contributed by atoms with E-state index >= 15 is 0 Å². The van der Waals surface area contributed by atoms with Gasteiger partial charge in [0.1, 0.15) is 4.90 Å². The molecule has 1 aromatic carbocycles. The van der Waals surface area contributed by atoms with Gasteiger partial charge in [-0.3, -0.25) is 4.79 Å². The standard InChI is InChI=1S/C17H23ClN2O6S/c1-11(21)15(17(23)24)19-16(22)12-6-7-13(18)14(10-12)27(25,26)20-8-4-2-3-5-9-20/h6-7,10-11,15,21H,2-5,8-9H2,1H3,(H,19,22)(H,23,24)/t11-,15-/m1/s1. The van der Waals surface area contributed by atoms with Gasteiger partial charge < -0.3 is 15.5 Å². The summed E-state index contributed by atoms with van der Waals surface area (Å²) in [6.45, 7) is 2.01. The van der Waals surface area contributed by atoms with Gasteiger partial charge in [0.25, 0.3) is 5.91 Å². The van der Waals surface area contributed by atoms with Gasteiger partial charge in [-0.15, -0.1) is 0 Å². The molecule has 2 atom stereocenters. The fraction of sp³-hybridized carbons (Fsp3) is 0.529. The van der Waals surface area contributed by atoms with Crippen molar-refractivity contribution in [1.29, 1.82) is 0 Å². The van der Waals surface area contributed by atoms with Crippen LogP contribution in [-0.4, -0.2) is 60.0 Å². The molecule has 1 aliphatic heterocycles. The quantitative estimate of drug-likeness (QED) is 0.642. The van der Waals surface area contributed by atoms with Gasteiger partial charge in [-0.25, -0.2) is 13.2 Å². The van der Waals surface area contributed by atoms with Crippen molar-refractivity contribution in [2.45, 2.75) is 49.6 Å². The first-order valence-electron chi connectivity index (χ1n) is 8.66. The number of nitrogens with zero attached hydrogens (tertiary/aromatic N) is 1. The van der Waals surface area contributed by atoms with Gasteiger partial charge in [0.2, 0.25) is 10.0 Å². The fourth-order valence-electron chi connectivity index (χ4n) is 2.88. The number of benzene rings is 1. The molecule has 1 saturated heterocycles. The van der Waals surface area contributed by atoms with E-state index in [0.29, 0.717) is 13.1 Å². The summed E-state index contributed by atoms with van der Waals surface area (Å²) in [6, 6.07) is 2.22. The molecular weight excluding hydrogens is 396 g/mol. The van der Waals surface area contributed by atoms with Crippen molar-refractivity contribution in [3.05, 3.63) is 28.8 Å². The first kappa shape index (κ1) is 21.6. The first-order chi connectivity index (χ1) is 12.6. The Morgan fingerprint density at radius 1 is 1.19 bits per heavy atom. The largest absolute Gasteiger partial charge is 0.480 e. The number of carbonyl (C=O) groups is 2. The summed E-state index contributed by atoms with van der Waals surface area (Å²) >= 11 is 6.08. The van der Waals surface area contributed by atoms with Gasteiger partial charge in [-0.05, 0) is 38.0 Å². The number of aliphatic hydroxyl groups is 1. The number of rotatable bonds is 6. The van der Waals surface area contributed by atoms with E-state index in [2.05, 4.69) is 5.32 Å². The Hall–Kier alpha value is -1.68. The molecular formula is C17H23ClN2O6S. The number of amides is 1. The maximum absolute atomic E-state index is 12.9. The smallest absolute Gasteiger partial charge is 0.328 e. The van der Waals surface area contributed by atoms with E-state index in [4.69, 9.17) is 16.7 Å². The lowest BCUT2D eigenvalue weighted by atomic mass is 10.1. The topological polar surface area (TPSA) is 124 Å². The first-order valence-corrected chi connectivity index (χ1v) is 10.5. The number of aliphatic hydroxyl groups excluding tert-OH is 1. The number of aliphatic carboxylic acids is 1. The van der Waals surface area contributed by atoms with Crippen molar-refractivity contribution in [3.8, 4) is 0 Å². The van der Waals surface area contributed by atoms with E-state index in [1.54, 1.807) is 0 Å². The van der Waals surface area contributed by atoms with Crippen molar-refractivity contribution < 1.29 is 28.2 Å². The van der Waals surface area contributed by atoms with E-state index in [9.17, 15) is 23.1 Å². The molecule has 1 amide bonds. The molecule has 0 aliphatic carbocycles. The lowest BCUT2D eigenvalue weighted by Gasteiger charge is -2.21. The molecule has 8 nitrogen and oxygen atoms in total. The SMILES string of the molecule is C[C@@H](O)[C@@H](NC(=O)c1ccc(Cl)c(S(=O)(=O)N2CCCCCC2)c1)C(=O)O. The molecule has 0 saturated carbocycles. The average molecular weight is 419 g/mol. The van der Waals surface area contributed by atoms with E-state index in [1.807, 2.05) is 0 Å². The average Bonchev–Trinajstić information content (AvgIpc) is 2.89. The third-order valence-electron chi connectivity index (χ3n) is 4.41. The van der Waals surface area contributed by atoms with E-state index in [1.165, 1.54) is 23.4 Å². The predicted molar refractivity (Wildman–Crippen MR) is 99.2 cm³/mol. The van der Waals surface area contributed by atoms with Gasteiger partial charge in [-0.1, -0.05) is 24.4 Å². The highest BCUT2D eigenvalue weighted by Gasteiger charge is 2.29. The summed E-state index contributed by atoms with van der Waals surface area (Å²) in [6.07, 6.45) is 2.10. The van der Waals surface area contributed by atoms with E-state index < -0.39 is 34.0 Å². The second-order valence-electron chi connectivity index (χ2n) is 6.49. The highest BCUT2D eigenvalue weighted by molar-refractivity contribution is 7.89. The summed E-state index contributed by atoms with van der Waals surface area (Å²) < 4.78 is 27.3. The zero-order valence-electron chi connectivity index (χ0n) is 14.9. The van der Waals surface area contributed by atoms with Crippen LogP contribution in [-0.2, 0) is 14.8 Å². The monoisotopic (exact) mass is 418 g/mol. The Morgan fingerprint density at radius 3 is 2.30 bits per heavy atom. The molecule has 3 N–H and O–H groups in total. The normalized spacial score (nSPS) is 18.3. The Morgan fingerprint density at radius 2 is 1.78 bits per heavy atom. The van der Waals surface area contributed by atoms with E-state index in [-0.39, 0.29) is 15.5 Å². The number of carbonyl (C=O) groups excluding carboxylic acids is 1. The Labute approximate surface area is 163 Å². The number of sulfonamides is 1. The summed E-state index contributed by atoms with van der Waals surface area (Å²) in [5.41, 5.74) is -0.0558. The van der Waals surface area contributed by atoms with E-state index in [0.717, 1.165) is 31.7 Å². The maximum atomic E-state index is 12.9. The molecule has 1 aliphatic rings. The second kappa shape index (κ2) is 9.01. The highest BCUT2D eigenvalue weighted by Crippen LogP contribution is 2.27. The van der Waals surface area contributed by atoms with Crippen LogP contribution < -0.4 is 5.32 Å². The fourth-order valence-corrected chi connectivity index (χ4v) is 4.89. The predicted octanol–water partition coefficient (Wildman–Crippen LogP) is 1.47.